The van der Waals surface area contributed by atoms with Gasteiger partial charge < -0.3 is 10.2 Å². The van der Waals surface area contributed by atoms with Gasteiger partial charge in [-0.15, -0.1) is 0 Å². The molecule has 0 amide bonds. The lowest BCUT2D eigenvalue weighted by Crippen LogP contribution is -2.68. The van der Waals surface area contributed by atoms with Crippen molar-refractivity contribution in [2.45, 2.75) is 119 Å². The smallest absolute Gasteiger partial charge is 0.138 e. The first-order chi connectivity index (χ1) is 15.0. The molecule has 5 aliphatic rings. The Morgan fingerprint density at radius 2 is 1.52 bits per heavy atom. The van der Waals surface area contributed by atoms with Crippen LogP contribution in [0.25, 0.3) is 0 Å². The third kappa shape index (κ3) is 2.85. The van der Waals surface area contributed by atoms with Crippen molar-refractivity contribution in [3.05, 3.63) is 11.6 Å². The van der Waals surface area contributed by atoms with Crippen molar-refractivity contribution >= 4 is 5.78 Å². The molecule has 5 aliphatic carbocycles. The maximum absolute atomic E-state index is 12.9. The van der Waals surface area contributed by atoms with Gasteiger partial charge in [0.25, 0.3) is 0 Å². The predicted molar refractivity (Wildman–Crippen MR) is 132 cm³/mol. The Morgan fingerprint density at radius 1 is 0.848 bits per heavy atom. The first kappa shape index (κ1) is 24.0. The van der Waals surface area contributed by atoms with Crippen LogP contribution < -0.4 is 0 Å². The van der Waals surface area contributed by atoms with Crippen molar-refractivity contribution in [3.8, 4) is 0 Å². The highest BCUT2D eigenvalue weighted by molar-refractivity contribution is 5.85. The summed E-state index contributed by atoms with van der Waals surface area (Å²) in [6.07, 6.45) is 9.34. The quantitative estimate of drug-likeness (QED) is 0.419. The van der Waals surface area contributed by atoms with Gasteiger partial charge in [0, 0.05) is 23.2 Å². The van der Waals surface area contributed by atoms with Gasteiger partial charge in [-0.2, -0.15) is 0 Å². The van der Waals surface area contributed by atoms with Gasteiger partial charge in [-0.05, 0) is 78.4 Å². The highest BCUT2D eigenvalue weighted by atomic mass is 16.3. The Balaban J connectivity index is 1.64. The zero-order valence-corrected chi connectivity index (χ0v) is 22.4. The van der Waals surface area contributed by atoms with E-state index in [1.165, 1.54) is 6.42 Å². The molecule has 0 heterocycles. The summed E-state index contributed by atoms with van der Waals surface area (Å²) in [7, 11) is 0. The molecule has 0 aliphatic heterocycles. The summed E-state index contributed by atoms with van der Waals surface area (Å²) in [6, 6.07) is 0. The maximum Gasteiger partial charge on any atom is 0.138 e. The van der Waals surface area contributed by atoms with Gasteiger partial charge in [-0.3, -0.25) is 4.79 Å². The molecule has 0 aromatic carbocycles. The van der Waals surface area contributed by atoms with Crippen LogP contribution in [0.15, 0.2) is 11.6 Å². The zero-order chi connectivity index (χ0) is 24.4. The second-order valence-corrected chi connectivity index (χ2v) is 15.2. The fourth-order valence-electron chi connectivity index (χ4n) is 10.6. The van der Waals surface area contributed by atoms with Crippen molar-refractivity contribution < 1.29 is 15.0 Å². The number of allylic oxidation sites excluding steroid dienone is 2. The van der Waals surface area contributed by atoms with Crippen LogP contribution in [0.2, 0.25) is 0 Å². The molecule has 186 valence electrons. The number of hydrogen-bond donors (Lipinski definition) is 2. The Hall–Kier alpha value is -0.670. The van der Waals surface area contributed by atoms with Gasteiger partial charge >= 0.3 is 0 Å². The van der Waals surface area contributed by atoms with Crippen LogP contribution in [0.1, 0.15) is 107 Å². The van der Waals surface area contributed by atoms with Crippen molar-refractivity contribution in [3.63, 3.8) is 0 Å². The van der Waals surface area contributed by atoms with Crippen molar-refractivity contribution in [1.82, 2.24) is 0 Å². The fraction of sp³-hybridized carbons (Fsp3) is 0.900. The number of fused-ring (bicyclic) bond motifs is 7. The SMILES string of the molecule is CC1(C)CC[C@@]2(C)C(C1)C1=CCC3[C@@]4(C)CCC(=O)C(C)(C)C4[C@H](O)C[C@@]3(C)[C@]1(C)C[C@@H]2O. The van der Waals surface area contributed by atoms with E-state index < -0.39 is 11.5 Å². The Bertz CT molecular complexity index is 900. The van der Waals surface area contributed by atoms with Crippen molar-refractivity contribution in [1.29, 1.82) is 0 Å². The minimum absolute atomic E-state index is 0.00951. The summed E-state index contributed by atoms with van der Waals surface area (Å²) in [5, 5.41) is 23.4. The number of Topliss-reactive ketones (excluding diaryl/α,β-unsaturated/α-hetero) is 1. The first-order valence-electron chi connectivity index (χ1n) is 13.6. The average molecular weight is 457 g/mol. The fourth-order valence-corrected chi connectivity index (χ4v) is 10.6. The van der Waals surface area contributed by atoms with Crippen LogP contribution in [0.3, 0.4) is 0 Å². The monoisotopic (exact) mass is 456 g/mol. The molecule has 4 saturated carbocycles. The molecule has 0 bridgehead atoms. The van der Waals surface area contributed by atoms with E-state index in [1.807, 2.05) is 0 Å². The van der Waals surface area contributed by atoms with E-state index >= 15 is 0 Å². The molecule has 3 heteroatoms. The van der Waals surface area contributed by atoms with E-state index in [0.717, 1.165) is 38.5 Å². The highest BCUT2D eigenvalue weighted by Gasteiger charge is 2.71. The molecular weight excluding hydrogens is 408 g/mol. The molecule has 2 N–H and O–H groups in total. The van der Waals surface area contributed by atoms with E-state index in [-0.39, 0.29) is 33.7 Å². The molecule has 5 rings (SSSR count). The Morgan fingerprint density at radius 3 is 2.18 bits per heavy atom. The molecular formula is C30H48O3. The molecule has 0 aromatic rings. The number of carbonyl (C=O) groups is 1. The van der Waals surface area contributed by atoms with E-state index in [1.54, 1.807) is 5.57 Å². The minimum Gasteiger partial charge on any atom is -0.393 e. The van der Waals surface area contributed by atoms with Crippen molar-refractivity contribution in [2.24, 2.45) is 50.2 Å². The van der Waals surface area contributed by atoms with Crippen LogP contribution in [0.5, 0.6) is 0 Å². The summed E-state index contributed by atoms with van der Waals surface area (Å²) in [6.45, 7) is 18.5. The predicted octanol–water partition coefficient (Wildman–Crippen LogP) is 6.32. The molecule has 0 spiro atoms. The zero-order valence-electron chi connectivity index (χ0n) is 22.4. The second kappa shape index (κ2) is 6.75. The highest BCUT2D eigenvalue weighted by Crippen LogP contribution is 2.75. The lowest BCUT2D eigenvalue weighted by molar-refractivity contribution is -0.227. The third-order valence-electron chi connectivity index (χ3n) is 12.8. The van der Waals surface area contributed by atoms with Gasteiger partial charge in [-0.1, -0.05) is 67.0 Å². The maximum atomic E-state index is 12.9. The van der Waals surface area contributed by atoms with Crippen LogP contribution in [-0.4, -0.2) is 28.2 Å². The van der Waals surface area contributed by atoms with Crippen molar-refractivity contribution in [2.75, 3.05) is 0 Å². The normalized spacial score (nSPS) is 54.9. The van der Waals surface area contributed by atoms with Gasteiger partial charge in [-0.25, -0.2) is 0 Å². The molecule has 0 aromatic heterocycles. The number of carbonyl (C=O) groups excluding carboxylic acids is 1. The lowest BCUT2D eigenvalue weighted by Gasteiger charge is -2.72. The van der Waals surface area contributed by atoms with Gasteiger partial charge in [0.05, 0.1) is 12.2 Å². The molecule has 33 heavy (non-hydrogen) atoms. The van der Waals surface area contributed by atoms with Gasteiger partial charge in [0.2, 0.25) is 0 Å². The largest absolute Gasteiger partial charge is 0.393 e. The van der Waals surface area contributed by atoms with E-state index in [2.05, 4.69) is 61.5 Å². The first-order valence-corrected chi connectivity index (χ1v) is 13.6. The standard InChI is InChI=1S/C30H48O3/c1-25(2)13-14-27(5)19(15-25)18-9-10-21-28(6)12-11-22(32)26(3,4)24(28)20(31)16-30(21,8)29(18,7)17-23(27)33/h9,19-21,23-24,31,33H,10-17H2,1-8H3/t19?,20-,21?,23+,24?,27+,28-,29-,30-/m1/s1. The van der Waals surface area contributed by atoms with E-state index in [9.17, 15) is 15.0 Å². The molecule has 4 fully saturated rings. The number of ketones is 1. The number of aliphatic hydroxyl groups excluding tert-OH is 2. The summed E-state index contributed by atoms with van der Waals surface area (Å²) in [4.78, 5) is 12.9. The summed E-state index contributed by atoms with van der Waals surface area (Å²) in [5.41, 5.74) is 1.11. The van der Waals surface area contributed by atoms with Crippen LogP contribution in [-0.2, 0) is 4.79 Å². The minimum atomic E-state index is -0.476. The third-order valence-corrected chi connectivity index (χ3v) is 12.8. The average Bonchev–Trinajstić information content (AvgIpc) is 2.67. The topological polar surface area (TPSA) is 57.5 Å². The molecule has 3 nitrogen and oxygen atoms in total. The summed E-state index contributed by atoms with van der Waals surface area (Å²) < 4.78 is 0. The van der Waals surface area contributed by atoms with Crippen LogP contribution >= 0.6 is 0 Å². The van der Waals surface area contributed by atoms with Crippen LogP contribution in [0, 0.1) is 50.2 Å². The van der Waals surface area contributed by atoms with Gasteiger partial charge in [0.15, 0.2) is 0 Å². The summed E-state index contributed by atoms with van der Waals surface area (Å²) >= 11 is 0. The Labute approximate surface area is 201 Å². The number of rotatable bonds is 0. The van der Waals surface area contributed by atoms with E-state index in [0.29, 0.717) is 29.5 Å². The molecule has 0 saturated heterocycles. The van der Waals surface area contributed by atoms with Gasteiger partial charge in [0.1, 0.15) is 5.78 Å². The summed E-state index contributed by atoms with van der Waals surface area (Å²) in [5.74, 6) is 1.17. The molecule has 0 radical (unpaired) electrons. The molecule has 9 atom stereocenters. The van der Waals surface area contributed by atoms with Crippen LogP contribution in [0.4, 0.5) is 0 Å². The second-order valence-electron chi connectivity index (χ2n) is 15.2. The Kier molecular flexibility index (Phi) is 4.92. The van der Waals surface area contributed by atoms with E-state index in [4.69, 9.17) is 0 Å². The molecule has 3 unspecified atom stereocenters. The lowest BCUT2D eigenvalue weighted by atomic mass is 9.33. The number of hydrogen-bond acceptors (Lipinski definition) is 3. The number of aliphatic hydroxyl groups is 2.